The van der Waals surface area contributed by atoms with Crippen LogP contribution in [0.3, 0.4) is 0 Å². The van der Waals surface area contributed by atoms with Crippen LogP contribution in [0.1, 0.15) is 12.8 Å². The van der Waals surface area contributed by atoms with Gasteiger partial charge in [-0.05, 0) is 31.0 Å². The molecular formula is C18H23ClN4O3S. The van der Waals surface area contributed by atoms with Crippen molar-refractivity contribution in [2.24, 2.45) is 13.0 Å². The molecule has 0 amide bonds. The summed E-state index contributed by atoms with van der Waals surface area (Å²) in [7, 11) is -1.88. The molecular weight excluding hydrogens is 388 g/mol. The molecule has 27 heavy (non-hydrogen) atoms. The Balaban J connectivity index is 1.59. The largest absolute Gasteiger partial charge is 0.381 e. The number of ether oxygens (including phenoxy) is 1. The second kappa shape index (κ2) is 7.43. The molecule has 1 aromatic carbocycles. The number of halogens is 1. The van der Waals surface area contributed by atoms with Crippen molar-refractivity contribution in [3.05, 3.63) is 41.8 Å². The van der Waals surface area contributed by atoms with Gasteiger partial charge in [-0.25, -0.2) is 13.4 Å². The molecule has 2 fully saturated rings. The molecule has 0 bridgehead atoms. The van der Waals surface area contributed by atoms with Gasteiger partial charge in [0.2, 0.25) is 0 Å². The number of hydrogen-bond acceptors (Lipinski definition) is 5. The molecule has 2 saturated heterocycles. The first kappa shape index (κ1) is 18.7. The van der Waals surface area contributed by atoms with Crippen LogP contribution in [0.4, 0.5) is 5.69 Å². The Kier molecular flexibility index (Phi) is 5.15. The number of aryl methyl sites for hydroxylation is 1. The maximum atomic E-state index is 13.0. The molecule has 2 aliphatic rings. The van der Waals surface area contributed by atoms with Gasteiger partial charge in [-0.15, -0.1) is 0 Å². The third kappa shape index (κ3) is 3.85. The van der Waals surface area contributed by atoms with E-state index in [1.54, 1.807) is 11.6 Å². The average molecular weight is 411 g/mol. The van der Waals surface area contributed by atoms with Crippen molar-refractivity contribution >= 4 is 27.3 Å². The lowest BCUT2D eigenvalue weighted by atomic mass is 9.94. The molecule has 1 unspecified atom stereocenters. The highest BCUT2D eigenvalue weighted by Gasteiger charge is 2.44. The first-order valence-corrected chi connectivity index (χ1v) is 10.9. The number of aromatic nitrogens is 2. The van der Waals surface area contributed by atoms with Gasteiger partial charge in [-0.1, -0.05) is 17.7 Å². The molecule has 0 radical (unpaired) electrons. The fraction of sp³-hybridized carbons (Fsp3) is 0.500. The number of hydrogen-bond donors (Lipinski definition) is 1. The van der Waals surface area contributed by atoms with Crippen molar-refractivity contribution in [1.82, 2.24) is 13.9 Å². The molecule has 0 aliphatic carbocycles. The first-order valence-electron chi connectivity index (χ1n) is 9.05. The molecule has 7 nitrogen and oxygen atoms in total. The Hall–Kier alpha value is -1.61. The summed E-state index contributed by atoms with van der Waals surface area (Å²) in [5.41, 5.74) is 0.882. The van der Waals surface area contributed by atoms with Crippen molar-refractivity contribution in [2.75, 3.05) is 25.0 Å². The quantitative estimate of drug-likeness (QED) is 0.818. The summed E-state index contributed by atoms with van der Waals surface area (Å²) in [5, 5.41) is 4.20. The van der Waals surface area contributed by atoms with Crippen LogP contribution < -0.4 is 5.32 Å². The van der Waals surface area contributed by atoms with E-state index >= 15 is 0 Å². The van der Waals surface area contributed by atoms with Crippen LogP contribution in [0.25, 0.3) is 0 Å². The Morgan fingerprint density at radius 1 is 1.33 bits per heavy atom. The second-order valence-electron chi connectivity index (χ2n) is 7.18. The summed E-state index contributed by atoms with van der Waals surface area (Å²) >= 11 is 6.10. The number of nitrogens with one attached hydrogen (secondary N) is 1. The van der Waals surface area contributed by atoms with Crippen LogP contribution in [0, 0.1) is 5.92 Å². The van der Waals surface area contributed by atoms with Crippen LogP contribution >= 0.6 is 11.6 Å². The van der Waals surface area contributed by atoms with Crippen LogP contribution in [-0.2, 0) is 21.8 Å². The minimum atomic E-state index is -3.63. The first-order chi connectivity index (χ1) is 12.9. The molecule has 3 heterocycles. The molecule has 0 spiro atoms. The number of sulfonamides is 1. The number of rotatable bonds is 5. The van der Waals surface area contributed by atoms with E-state index in [4.69, 9.17) is 16.3 Å². The van der Waals surface area contributed by atoms with Gasteiger partial charge in [0.1, 0.15) is 0 Å². The summed E-state index contributed by atoms with van der Waals surface area (Å²) < 4.78 is 35.1. The Morgan fingerprint density at radius 3 is 2.85 bits per heavy atom. The van der Waals surface area contributed by atoms with E-state index in [0.717, 1.165) is 25.1 Å². The van der Waals surface area contributed by atoms with E-state index in [2.05, 4.69) is 10.3 Å². The second-order valence-corrected chi connectivity index (χ2v) is 9.50. The van der Waals surface area contributed by atoms with E-state index in [-0.39, 0.29) is 23.1 Å². The summed E-state index contributed by atoms with van der Waals surface area (Å²) in [6.07, 6.45) is 5.06. The smallest absolute Gasteiger partial charge is 0.262 e. The third-order valence-corrected chi connectivity index (χ3v) is 7.19. The lowest BCUT2D eigenvalue weighted by molar-refractivity contribution is 0.0651. The fourth-order valence-electron chi connectivity index (χ4n) is 3.90. The van der Waals surface area contributed by atoms with Crippen LogP contribution in [0.15, 0.2) is 41.8 Å². The van der Waals surface area contributed by atoms with E-state index < -0.39 is 10.0 Å². The number of nitrogens with zero attached hydrogens (tertiary/aromatic N) is 3. The van der Waals surface area contributed by atoms with Crippen molar-refractivity contribution < 1.29 is 13.2 Å². The van der Waals surface area contributed by atoms with E-state index in [9.17, 15) is 8.42 Å². The van der Waals surface area contributed by atoms with E-state index in [0.29, 0.717) is 18.1 Å². The highest BCUT2D eigenvalue weighted by molar-refractivity contribution is 7.89. The molecule has 2 aliphatic heterocycles. The van der Waals surface area contributed by atoms with Crippen molar-refractivity contribution in [2.45, 2.75) is 30.0 Å². The molecule has 2 aromatic rings. The predicted molar refractivity (Wildman–Crippen MR) is 103 cm³/mol. The van der Waals surface area contributed by atoms with E-state index in [1.807, 2.05) is 24.3 Å². The van der Waals surface area contributed by atoms with Crippen molar-refractivity contribution in [1.29, 1.82) is 0 Å². The van der Waals surface area contributed by atoms with Crippen LogP contribution in [-0.4, -0.2) is 54.1 Å². The van der Waals surface area contributed by atoms with Gasteiger partial charge in [0, 0.05) is 55.6 Å². The Morgan fingerprint density at radius 2 is 2.19 bits per heavy atom. The highest BCUT2D eigenvalue weighted by Crippen LogP contribution is 2.33. The molecule has 146 valence electrons. The SMILES string of the molecule is Cn1cnc(S(=O)(=O)N2C[C@@H](Nc3cccc(Cl)c3)[C@H](C3CCCO3)C2)c1. The molecule has 4 rings (SSSR count). The van der Waals surface area contributed by atoms with Gasteiger partial charge in [0.15, 0.2) is 5.03 Å². The zero-order chi connectivity index (χ0) is 19.0. The minimum Gasteiger partial charge on any atom is -0.381 e. The average Bonchev–Trinajstić information content (AvgIpc) is 3.34. The lowest BCUT2D eigenvalue weighted by Gasteiger charge is -2.25. The Labute approximate surface area is 164 Å². The zero-order valence-electron chi connectivity index (χ0n) is 15.1. The zero-order valence-corrected chi connectivity index (χ0v) is 16.7. The number of anilines is 1. The fourth-order valence-corrected chi connectivity index (χ4v) is 5.56. The number of imidazole rings is 1. The van der Waals surface area contributed by atoms with Crippen LogP contribution in [0.5, 0.6) is 0 Å². The summed E-state index contributed by atoms with van der Waals surface area (Å²) in [4.78, 5) is 4.04. The Bertz CT molecular complexity index is 911. The maximum Gasteiger partial charge on any atom is 0.262 e. The molecule has 9 heteroatoms. The standard InChI is InChI=1S/C18H23ClN4O3S/c1-22-11-18(20-12-22)27(24,25)23-9-15(17-6-3-7-26-17)16(10-23)21-14-5-2-4-13(19)8-14/h2,4-5,8,11-12,15-17,21H,3,6-7,9-10H2,1H3/t15-,16-,17?/m1/s1. The summed E-state index contributed by atoms with van der Waals surface area (Å²) in [6.45, 7) is 1.52. The minimum absolute atomic E-state index is 0.0509. The van der Waals surface area contributed by atoms with Gasteiger partial charge >= 0.3 is 0 Å². The molecule has 1 N–H and O–H groups in total. The lowest BCUT2D eigenvalue weighted by Crippen LogP contribution is -2.35. The third-order valence-electron chi connectivity index (χ3n) is 5.24. The summed E-state index contributed by atoms with van der Waals surface area (Å²) in [5.74, 6) is 0.0740. The highest BCUT2D eigenvalue weighted by atomic mass is 35.5. The van der Waals surface area contributed by atoms with Gasteiger partial charge < -0.3 is 14.6 Å². The van der Waals surface area contributed by atoms with Crippen LogP contribution in [0.2, 0.25) is 5.02 Å². The van der Waals surface area contributed by atoms with E-state index in [1.165, 1.54) is 16.8 Å². The van der Waals surface area contributed by atoms with Gasteiger partial charge in [-0.2, -0.15) is 4.31 Å². The monoisotopic (exact) mass is 410 g/mol. The van der Waals surface area contributed by atoms with Crippen molar-refractivity contribution in [3.8, 4) is 0 Å². The predicted octanol–water partition coefficient (Wildman–Crippen LogP) is 2.35. The summed E-state index contributed by atoms with van der Waals surface area (Å²) in [6, 6.07) is 7.43. The maximum absolute atomic E-state index is 13.0. The number of benzene rings is 1. The van der Waals surface area contributed by atoms with Gasteiger partial charge in [-0.3, -0.25) is 0 Å². The van der Waals surface area contributed by atoms with Gasteiger partial charge in [0.05, 0.1) is 12.4 Å². The normalized spacial score (nSPS) is 26.5. The molecule has 0 saturated carbocycles. The molecule has 1 aromatic heterocycles. The van der Waals surface area contributed by atoms with Gasteiger partial charge in [0.25, 0.3) is 10.0 Å². The van der Waals surface area contributed by atoms with Crippen molar-refractivity contribution in [3.63, 3.8) is 0 Å². The molecule has 3 atom stereocenters. The topological polar surface area (TPSA) is 76.5 Å².